The summed E-state index contributed by atoms with van der Waals surface area (Å²) in [7, 11) is -4.00. The molecule has 1 N–H and O–H groups in total. The smallest absolute Gasteiger partial charge is 0.308 e. The molecule has 0 aliphatic carbocycles. The van der Waals surface area contributed by atoms with E-state index in [1.165, 1.54) is 25.3 Å². The van der Waals surface area contributed by atoms with Crippen molar-refractivity contribution in [3.05, 3.63) is 89.5 Å². The Morgan fingerprint density at radius 2 is 1.65 bits per heavy atom. The summed E-state index contributed by atoms with van der Waals surface area (Å²) in [5.74, 6) is -0.638. The standard InChI is InChI=1S/C25H25N3O5S/c1-18-7-13-24(14-8-18)34(31,32)28(22-6-4-5-19(2)15-22)17-25(30)27-26-16-21-9-11-23(12-10-21)33-20(3)29/h4-16H,17H2,1-3H3,(H,27,30)/b26-16-. The molecule has 1 amide bonds. The Hall–Kier alpha value is -3.98. The number of nitrogens with zero attached hydrogens (tertiary/aromatic N) is 2. The van der Waals surface area contributed by atoms with Crippen molar-refractivity contribution >= 4 is 33.8 Å². The number of nitrogens with one attached hydrogen (secondary N) is 1. The van der Waals surface area contributed by atoms with Crippen molar-refractivity contribution < 1.29 is 22.7 Å². The summed E-state index contributed by atoms with van der Waals surface area (Å²) in [5.41, 5.74) is 5.18. The Labute approximate surface area is 198 Å². The lowest BCUT2D eigenvalue weighted by atomic mass is 10.2. The van der Waals surface area contributed by atoms with Crippen molar-refractivity contribution in [3.8, 4) is 5.75 Å². The fraction of sp³-hybridized carbons (Fsp3) is 0.160. The van der Waals surface area contributed by atoms with E-state index in [0.29, 0.717) is 17.0 Å². The van der Waals surface area contributed by atoms with Crippen LogP contribution in [0.15, 0.2) is 82.8 Å². The molecule has 0 spiro atoms. The van der Waals surface area contributed by atoms with Crippen LogP contribution in [0.2, 0.25) is 0 Å². The highest BCUT2D eigenvalue weighted by Gasteiger charge is 2.27. The normalized spacial score (nSPS) is 11.3. The summed E-state index contributed by atoms with van der Waals surface area (Å²) in [5, 5.41) is 3.91. The number of benzene rings is 3. The van der Waals surface area contributed by atoms with Gasteiger partial charge in [0.1, 0.15) is 12.3 Å². The van der Waals surface area contributed by atoms with E-state index in [1.54, 1.807) is 54.6 Å². The minimum absolute atomic E-state index is 0.0868. The monoisotopic (exact) mass is 479 g/mol. The Bertz CT molecular complexity index is 1300. The number of carbonyl (C=O) groups excluding carboxylic acids is 2. The molecular formula is C25H25N3O5S. The van der Waals surface area contributed by atoms with E-state index < -0.39 is 28.4 Å². The molecule has 34 heavy (non-hydrogen) atoms. The van der Waals surface area contributed by atoms with Crippen molar-refractivity contribution in [2.24, 2.45) is 5.10 Å². The Morgan fingerprint density at radius 3 is 2.26 bits per heavy atom. The molecule has 0 fully saturated rings. The molecule has 0 heterocycles. The van der Waals surface area contributed by atoms with Crippen molar-refractivity contribution in [1.29, 1.82) is 0 Å². The van der Waals surface area contributed by atoms with E-state index in [-0.39, 0.29) is 4.90 Å². The van der Waals surface area contributed by atoms with Gasteiger partial charge in [-0.1, -0.05) is 29.8 Å². The van der Waals surface area contributed by atoms with Gasteiger partial charge in [0.05, 0.1) is 16.8 Å². The van der Waals surface area contributed by atoms with Crippen LogP contribution in [0.5, 0.6) is 5.75 Å². The number of carbonyl (C=O) groups is 2. The number of hydrogen-bond acceptors (Lipinski definition) is 6. The molecule has 3 aromatic carbocycles. The number of aryl methyl sites for hydroxylation is 2. The molecular weight excluding hydrogens is 454 g/mol. The third kappa shape index (κ3) is 6.52. The van der Waals surface area contributed by atoms with E-state index >= 15 is 0 Å². The molecule has 0 saturated carbocycles. The quantitative estimate of drug-likeness (QED) is 0.230. The fourth-order valence-corrected chi connectivity index (χ4v) is 4.48. The summed E-state index contributed by atoms with van der Waals surface area (Å²) in [6.07, 6.45) is 1.40. The van der Waals surface area contributed by atoms with Crippen LogP contribution in [-0.4, -0.2) is 33.1 Å². The lowest BCUT2D eigenvalue weighted by molar-refractivity contribution is -0.131. The third-order valence-corrected chi connectivity index (χ3v) is 6.52. The van der Waals surface area contributed by atoms with Crippen LogP contribution < -0.4 is 14.5 Å². The SMILES string of the molecule is CC(=O)Oc1ccc(/C=N\NC(=O)CN(c2cccc(C)c2)S(=O)(=O)c2ccc(C)cc2)cc1. The average molecular weight is 480 g/mol. The van der Waals surface area contributed by atoms with Crippen LogP contribution in [0.25, 0.3) is 0 Å². The highest BCUT2D eigenvalue weighted by Crippen LogP contribution is 2.24. The zero-order valence-corrected chi connectivity index (χ0v) is 19.9. The van der Waals surface area contributed by atoms with Gasteiger partial charge in [0.25, 0.3) is 15.9 Å². The number of hydrogen-bond donors (Lipinski definition) is 1. The van der Waals surface area contributed by atoms with Crippen LogP contribution in [0.1, 0.15) is 23.6 Å². The second-order valence-corrected chi connectivity index (χ2v) is 9.48. The van der Waals surface area contributed by atoms with Gasteiger partial charge in [-0.25, -0.2) is 13.8 Å². The van der Waals surface area contributed by atoms with Gasteiger partial charge in [0, 0.05) is 6.92 Å². The van der Waals surface area contributed by atoms with Crippen LogP contribution >= 0.6 is 0 Å². The molecule has 9 heteroatoms. The zero-order chi connectivity index (χ0) is 24.7. The molecule has 0 aliphatic heterocycles. The van der Waals surface area contributed by atoms with E-state index in [0.717, 1.165) is 15.4 Å². The number of ether oxygens (including phenoxy) is 1. The van der Waals surface area contributed by atoms with Crippen LogP contribution in [0.3, 0.4) is 0 Å². The number of amides is 1. The van der Waals surface area contributed by atoms with E-state index in [1.807, 2.05) is 19.9 Å². The Kier molecular flexibility index (Phi) is 7.80. The summed E-state index contributed by atoms with van der Waals surface area (Å²) in [6, 6.07) is 19.9. The number of hydrazone groups is 1. The molecule has 8 nitrogen and oxygen atoms in total. The first kappa shape index (κ1) is 24.7. The maximum atomic E-state index is 13.4. The molecule has 0 unspecified atom stereocenters. The number of anilines is 1. The zero-order valence-electron chi connectivity index (χ0n) is 19.1. The van der Waals surface area contributed by atoms with Crippen molar-refractivity contribution in [3.63, 3.8) is 0 Å². The first-order chi connectivity index (χ1) is 16.1. The fourth-order valence-electron chi connectivity index (χ4n) is 3.07. The molecule has 0 atom stereocenters. The maximum Gasteiger partial charge on any atom is 0.308 e. The predicted octanol–water partition coefficient (Wildman–Crippen LogP) is 3.57. The predicted molar refractivity (Wildman–Crippen MR) is 130 cm³/mol. The molecule has 3 aromatic rings. The molecule has 0 saturated heterocycles. The van der Waals surface area contributed by atoms with Gasteiger partial charge < -0.3 is 4.74 Å². The molecule has 3 rings (SSSR count). The van der Waals surface area contributed by atoms with Crippen LogP contribution in [0, 0.1) is 13.8 Å². The number of esters is 1. The van der Waals surface area contributed by atoms with Crippen molar-refractivity contribution in [1.82, 2.24) is 5.43 Å². The number of rotatable bonds is 8. The van der Waals surface area contributed by atoms with E-state index in [9.17, 15) is 18.0 Å². The van der Waals surface area contributed by atoms with Crippen LogP contribution in [-0.2, 0) is 19.6 Å². The van der Waals surface area contributed by atoms with Gasteiger partial charge in [-0.05, 0) is 73.5 Å². The topological polar surface area (TPSA) is 105 Å². The highest BCUT2D eigenvalue weighted by atomic mass is 32.2. The average Bonchev–Trinajstić information content (AvgIpc) is 2.78. The Morgan fingerprint density at radius 1 is 0.971 bits per heavy atom. The van der Waals surface area contributed by atoms with Gasteiger partial charge in [0.15, 0.2) is 0 Å². The molecule has 176 valence electrons. The van der Waals surface area contributed by atoms with Gasteiger partial charge in [0.2, 0.25) is 0 Å². The van der Waals surface area contributed by atoms with E-state index in [2.05, 4.69) is 10.5 Å². The number of sulfonamides is 1. The second kappa shape index (κ2) is 10.8. The summed E-state index contributed by atoms with van der Waals surface area (Å²) in [6.45, 7) is 4.56. The first-order valence-corrected chi connectivity index (χ1v) is 11.9. The summed E-state index contributed by atoms with van der Waals surface area (Å²) in [4.78, 5) is 23.7. The second-order valence-electron chi connectivity index (χ2n) is 7.62. The van der Waals surface area contributed by atoms with Gasteiger partial charge in [-0.15, -0.1) is 0 Å². The largest absolute Gasteiger partial charge is 0.427 e. The van der Waals surface area contributed by atoms with E-state index in [4.69, 9.17) is 4.74 Å². The van der Waals surface area contributed by atoms with Crippen molar-refractivity contribution in [2.45, 2.75) is 25.7 Å². The van der Waals surface area contributed by atoms with Crippen molar-refractivity contribution in [2.75, 3.05) is 10.8 Å². The lowest BCUT2D eigenvalue weighted by Crippen LogP contribution is -2.39. The van der Waals surface area contributed by atoms with Crippen LogP contribution in [0.4, 0.5) is 5.69 Å². The summed E-state index contributed by atoms with van der Waals surface area (Å²) >= 11 is 0. The van der Waals surface area contributed by atoms with Gasteiger partial charge >= 0.3 is 5.97 Å². The van der Waals surface area contributed by atoms with Gasteiger partial charge in [-0.3, -0.25) is 13.9 Å². The maximum absolute atomic E-state index is 13.4. The third-order valence-electron chi connectivity index (χ3n) is 4.73. The molecule has 0 radical (unpaired) electrons. The molecule has 0 aromatic heterocycles. The lowest BCUT2D eigenvalue weighted by Gasteiger charge is -2.24. The molecule has 0 aliphatic rings. The Balaban J connectivity index is 1.77. The summed E-state index contributed by atoms with van der Waals surface area (Å²) < 4.78 is 32.8. The van der Waals surface area contributed by atoms with Gasteiger partial charge in [-0.2, -0.15) is 5.10 Å². The first-order valence-electron chi connectivity index (χ1n) is 10.4. The minimum Gasteiger partial charge on any atom is -0.427 e. The molecule has 0 bridgehead atoms. The highest BCUT2D eigenvalue weighted by molar-refractivity contribution is 7.92. The minimum atomic E-state index is -4.00.